The number of nitrogens with zero attached hydrogens (tertiary/aromatic N) is 2. The van der Waals surface area contributed by atoms with Crippen molar-refractivity contribution in [2.75, 3.05) is 7.11 Å². The predicted molar refractivity (Wildman–Crippen MR) is 77.7 cm³/mol. The van der Waals surface area contributed by atoms with Crippen LogP contribution in [-0.4, -0.2) is 27.0 Å². The van der Waals surface area contributed by atoms with Crippen LogP contribution in [0.5, 0.6) is 5.88 Å². The molecule has 4 heterocycles. The van der Waals surface area contributed by atoms with Crippen molar-refractivity contribution in [2.45, 2.75) is 0 Å². The third-order valence-corrected chi connectivity index (χ3v) is 3.46. The molecule has 0 aliphatic heterocycles. The van der Waals surface area contributed by atoms with Gasteiger partial charge in [0.05, 0.1) is 18.0 Å². The number of rotatable bonds is 2. The van der Waals surface area contributed by atoms with Gasteiger partial charge in [0.2, 0.25) is 5.88 Å². The highest BCUT2D eigenvalue weighted by Crippen LogP contribution is 2.31. The molecular formula is C15H12N4O. The van der Waals surface area contributed by atoms with Gasteiger partial charge in [0.15, 0.2) is 0 Å². The van der Waals surface area contributed by atoms with Crippen LogP contribution in [0.4, 0.5) is 0 Å². The standard InChI is InChI=1S/C15H12N4O/c1-20-15-11-8-13(19-12(11)4-7-18-15)9-2-5-16-14-10(9)3-6-17-14/h2-8,19H,1H3,(H,16,17). The first-order valence-corrected chi connectivity index (χ1v) is 6.31. The summed E-state index contributed by atoms with van der Waals surface area (Å²) >= 11 is 0. The highest BCUT2D eigenvalue weighted by molar-refractivity contribution is 5.97. The van der Waals surface area contributed by atoms with Crippen LogP contribution in [0.15, 0.2) is 42.9 Å². The largest absolute Gasteiger partial charge is 0.481 e. The maximum Gasteiger partial charge on any atom is 0.222 e. The molecule has 4 rings (SSSR count). The van der Waals surface area contributed by atoms with Crippen molar-refractivity contribution in [3.63, 3.8) is 0 Å². The van der Waals surface area contributed by atoms with Crippen molar-refractivity contribution in [2.24, 2.45) is 0 Å². The Balaban J connectivity index is 2.01. The summed E-state index contributed by atoms with van der Waals surface area (Å²) in [6.07, 6.45) is 5.43. The van der Waals surface area contributed by atoms with E-state index in [4.69, 9.17) is 4.74 Å². The first-order chi connectivity index (χ1) is 9.86. The summed E-state index contributed by atoms with van der Waals surface area (Å²) in [6, 6.07) is 8.03. The van der Waals surface area contributed by atoms with Crippen molar-refractivity contribution in [3.8, 4) is 17.1 Å². The smallest absolute Gasteiger partial charge is 0.222 e. The fourth-order valence-electron chi connectivity index (χ4n) is 2.53. The Morgan fingerprint density at radius 3 is 2.85 bits per heavy atom. The minimum atomic E-state index is 0.629. The summed E-state index contributed by atoms with van der Waals surface area (Å²) in [5, 5.41) is 2.07. The average molecular weight is 264 g/mol. The lowest BCUT2D eigenvalue weighted by Crippen LogP contribution is -1.86. The first-order valence-electron chi connectivity index (χ1n) is 6.31. The molecule has 98 valence electrons. The lowest BCUT2D eigenvalue weighted by Gasteiger charge is -1.99. The monoisotopic (exact) mass is 264 g/mol. The number of methoxy groups -OCH3 is 1. The topological polar surface area (TPSA) is 66.6 Å². The fraction of sp³-hybridized carbons (Fsp3) is 0.0667. The fourth-order valence-corrected chi connectivity index (χ4v) is 2.53. The molecule has 0 saturated carbocycles. The van der Waals surface area contributed by atoms with Gasteiger partial charge in [0.1, 0.15) is 5.65 Å². The second-order valence-electron chi connectivity index (χ2n) is 4.56. The van der Waals surface area contributed by atoms with Crippen molar-refractivity contribution in [3.05, 3.63) is 42.9 Å². The molecule has 4 aromatic rings. The van der Waals surface area contributed by atoms with E-state index in [0.29, 0.717) is 5.88 Å². The molecule has 0 saturated heterocycles. The molecule has 0 aliphatic carbocycles. The number of H-pyrrole nitrogens is 2. The number of fused-ring (bicyclic) bond motifs is 2. The maximum absolute atomic E-state index is 5.30. The van der Waals surface area contributed by atoms with E-state index in [1.165, 1.54) is 0 Å². The molecule has 0 amide bonds. The second-order valence-corrected chi connectivity index (χ2v) is 4.56. The van der Waals surface area contributed by atoms with Gasteiger partial charge in [-0.3, -0.25) is 0 Å². The van der Waals surface area contributed by atoms with Crippen LogP contribution < -0.4 is 4.74 Å². The Hall–Kier alpha value is -2.82. The number of pyridine rings is 2. The molecule has 0 atom stereocenters. The summed E-state index contributed by atoms with van der Waals surface area (Å²) in [7, 11) is 1.63. The van der Waals surface area contributed by atoms with Crippen LogP contribution in [0.25, 0.3) is 33.2 Å². The third kappa shape index (κ3) is 1.50. The lowest BCUT2D eigenvalue weighted by molar-refractivity contribution is 0.403. The van der Waals surface area contributed by atoms with E-state index in [2.05, 4.69) is 26.0 Å². The quantitative estimate of drug-likeness (QED) is 0.584. The van der Waals surface area contributed by atoms with E-state index < -0.39 is 0 Å². The second kappa shape index (κ2) is 4.09. The third-order valence-electron chi connectivity index (χ3n) is 3.46. The van der Waals surface area contributed by atoms with E-state index in [0.717, 1.165) is 33.2 Å². The summed E-state index contributed by atoms with van der Waals surface area (Å²) in [6.45, 7) is 0. The molecule has 0 fully saturated rings. The lowest BCUT2D eigenvalue weighted by atomic mass is 10.1. The van der Waals surface area contributed by atoms with Crippen LogP contribution in [0, 0.1) is 0 Å². The number of hydrogen-bond donors (Lipinski definition) is 2. The Morgan fingerprint density at radius 1 is 1.05 bits per heavy atom. The van der Waals surface area contributed by atoms with Gasteiger partial charge in [0, 0.05) is 35.2 Å². The molecule has 5 heteroatoms. The van der Waals surface area contributed by atoms with Crippen molar-refractivity contribution in [1.82, 2.24) is 19.9 Å². The van der Waals surface area contributed by atoms with Gasteiger partial charge in [-0.2, -0.15) is 0 Å². The molecular weight excluding hydrogens is 252 g/mol. The number of hydrogen-bond acceptors (Lipinski definition) is 3. The molecule has 2 N–H and O–H groups in total. The Kier molecular flexibility index (Phi) is 2.26. The van der Waals surface area contributed by atoms with Gasteiger partial charge in [-0.1, -0.05) is 0 Å². The zero-order chi connectivity index (χ0) is 13.5. The van der Waals surface area contributed by atoms with Gasteiger partial charge in [-0.05, 0) is 24.3 Å². The van der Waals surface area contributed by atoms with Crippen LogP contribution in [0.1, 0.15) is 0 Å². The Labute approximate surface area is 114 Å². The van der Waals surface area contributed by atoms with Gasteiger partial charge in [0.25, 0.3) is 0 Å². The highest BCUT2D eigenvalue weighted by Gasteiger charge is 2.11. The van der Waals surface area contributed by atoms with Crippen LogP contribution >= 0.6 is 0 Å². The summed E-state index contributed by atoms with van der Waals surface area (Å²) < 4.78 is 5.30. The SMILES string of the molecule is COc1nccc2[nH]c(-c3ccnc4[nH]ccc34)cc12. The predicted octanol–water partition coefficient (Wildman–Crippen LogP) is 3.11. The van der Waals surface area contributed by atoms with E-state index in [9.17, 15) is 0 Å². The molecule has 0 radical (unpaired) electrons. The normalized spacial score (nSPS) is 11.2. The molecule has 0 spiro atoms. The molecule has 0 unspecified atom stereocenters. The maximum atomic E-state index is 5.30. The van der Waals surface area contributed by atoms with Crippen molar-refractivity contribution >= 4 is 21.9 Å². The van der Waals surface area contributed by atoms with E-state index >= 15 is 0 Å². The Bertz CT molecular complexity index is 906. The number of aromatic amines is 2. The molecule has 4 aromatic heterocycles. The van der Waals surface area contributed by atoms with Gasteiger partial charge >= 0.3 is 0 Å². The summed E-state index contributed by atoms with van der Waals surface area (Å²) in [4.78, 5) is 15.1. The number of aromatic nitrogens is 4. The summed E-state index contributed by atoms with van der Waals surface area (Å²) in [5.41, 5.74) is 4.02. The number of nitrogens with one attached hydrogen (secondary N) is 2. The van der Waals surface area contributed by atoms with Crippen LogP contribution in [0.3, 0.4) is 0 Å². The van der Waals surface area contributed by atoms with Gasteiger partial charge in [-0.15, -0.1) is 0 Å². The molecule has 0 aliphatic rings. The van der Waals surface area contributed by atoms with Crippen LogP contribution in [-0.2, 0) is 0 Å². The van der Waals surface area contributed by atoms with Crippen molar-refractivity contribution in [1.29, 1.82) is 0 Å². The van der Waals surface area contributed by atoms with Crippen molar-refractivity contribution < 1.29 is 4.74 Å². The molecule has 5 nitrogen and oxygen atoms in total. The van der Waals surface area contributed by atoms with Gasteiger partial charge in [-0.25, -0.2) is 9.97 Å². The zero-order valence-corrected chi connectivity index (χ0v) is 10.8. The molecule has 0 bridgehead atoms. The molecule has 0 aromatic carbocycles. The average Bonchev–Trinajstić information content (AvgIpc) is 3.12. The first kappa shape index (κ1) is 11.0. The van der Waals surface area contributed by atoms with Crippen LogP contribution in [0.2, 0.25) is 0 Å². The number of ether oxygens (including phenoxy) is 1. The van der Waals surface area contributed by atoms with E-state index in [-0.39, 0.29) is 0 Å². The minimum Gasteiger partial charge on any atom is -0.481 e. The van der Waals surface area contributed by atoms with E-state index in [1.807, 2.05) is 24.4 Å². The molecule has 20 heavy (non-hydrogen) atoms. The Morgan fingerprint density at radius 2 is 1.95 bits per heavy atom. The van der Waals surface area contributed by atoms with Gasteiger partial charge < -0.3 is 14.7 Å². The van der Waals surface area contributed by atoms with E-state index in [1.54, 1.807) is 19.5 Å². The minimum absolute atomic E-state index is 0.629. The highest BCUT2D eigenvalue weighted by atomic mass is 16.5. The zero-order valence-electron chi connectivity index (χ0n) is 10.8. The summed E-state index contributed by atoms with van der Waals surface area (Å²) in [5.74, 6) is 0.629.